The van der Waals surface area contributed by atoms with E-state index in [1.165, 1.54) is 6.26 Å². The van der Waals surface area contributed by atoms with Crippen molar-refractivity contribution in [2.45, 2.75) is 13.0 Å². The molecule has 1 N–H and O–H groups in total. The van der Waals surface area contributed by atoms with Gasteiger partial charge >= 0.3 is 0 Å². The van der Waals surface area contributed by atoms with E-state index in [0.29, 0.717) is 35.8 Å². The van der Waals surface area contributed by atoms with E-state index >= 15 is 0 Å². The Morgan fingerprint density at radius 3 is 2.33 bits per heavy atom. The van der Waals surface area contributed by atoms with Crippen molar-refractivity contribution in [3.05, 3.63) is 77.2 Å². The Morgan fingerprint density at radius 2 is 1.70 bits per heavy atom. The zero-order chi connectivity index (χ0) is 21.1. The van der Waals surface area contributed by atoms with Crippen molar-refractivity contribution in [3.63, 3.8) is 0 Å². The van der Waals surface area contributed by atoms with Gasteiger partial charge in [0.25, 0.3) is 11.8 Å². The normalized spacial score (nSPS) is 12.8. The summed E-state index contributed by atoms with van der Waals surface area (Å²) in [5, 5.41) is 2.74. The number of nitrogens with one attached hydrogen (secondary N) is 1. The number of hydrogen-bond acceptors (Lipinski definition) is 5. The first-order chi connectivity index (χ1) is 14.6. The van der Waals surface area contributed by atoms with Gasteiger partial charge in [-0.3, -0.25) is 9.59 Å². The predicted octanol–water partition coefficient (Wildman–Crippen LogP) is 3.75. The minimum Gasteiger partial charge on any atom is -0.493 e. The molecule has 0 atom stereocenters. The third kappa shape index (κ3) is 3.87. The summed E-state index contributed by atoms with van der Waals surface area (Å²) in [6.07, 6.45) is 2.19. The molecule has 0 bridgehead atoms. The lowest BCUT2D eigenvalue weighted by molar-refractivity contribution is 0.0734. The van der Waals surface area contributed by atoms with Crippen LogP contribution in [0.15, 0.2) is 59.2 Å². The van der Waals surface area contributed by atoms with E-state index in [4.69, 9.17) is 13.9 Å². The first-order valence-corrected chi connectivity index (χ1v) is 9.57. The molecule has 0 unspecified atom stereocenters. The summed E-state index contributed by atoms with van der Waals surface area (Å²) in [6.45, 7) is 1.13. The second kappa shape index (κ2) is 8.32. The van der Waals surface area contributed by atoms with Crippen LogP contribution in [0, 0.1) is 0 Å². The number of amides is 2. The number of carbonyl (C=O) groups excluding carboxylic acids is 2. The van der Waals surface area contributed by atoms with Crippen LogP contribution in [-0.2, 0) is 13.0 Å². The second-order valence-electron chi connectivity index (χ2n) is 6.96. The molecule has 4 rings (SSSR count). The quantitative estimate of drug-likeness (QED) is 0.698. The van der Waals surface area contributed by atoms with Crippen LogP contribution >= 0.6 is 0 Å². The molecule has 0 radical (unpaired) electrons. The molecule has 0 spiro atoms. The lowest BCUT2D eigenvalue weighted by Gasteiger charge is -2.29. The van der Waals surface area contributed by atoms with Crippen LogP contribution in [0.3, 0.4) is 0 Å². The first kappa shape index (κ1) is 19.6. The van der Waals surface area contributed by atoms with Gasteiger partial charge in [0, 0.05) is 24.3 Å². The van der Waals surface area contributed by atoms with Crippen molar-refractivity contribution in [2.24, 2.45) is 0 Å². The fourth-order valence-electron chi connectivity index (χ4n) is 3.54. The van der Waals surface area contributed by atoms with Gasteiger partial charge in [-0.25, -0.2) is 0 Å². The standard InChI is InChI=1S/C23H22N2O5/c1-28-20-12-16-9-10-25(14-17(16)13-21(20)29-2)23(27)15-5-7-18(8-6-15)24-22(26)19-4-3-11-30-19/h3-8,11-13H,9-10,14H2,1-2H3,(H,24,26). The van der Waals surface area contributed by atoms with Gasteiger partial charge in [0.1, 0.15) is 0 Å². The molecule has 1 aliphatic rings. The monoisotopic (exact) mass is 406 g/mol. The SMILES string of the molecule is COc1cc2c(cc1OC)CN(C(=O)c1ccc(NC(=O)c3ccco3)cc1)CC2. The molecular weight excluding hydrogens is 384 g/mol. The highest BCUT2D eigenvalue weighted by atomic mass is 16.5. The zero-order valence-electron chi connectivity index (χ0n) is 16.8. The molecular formula is C23H22N2O5. The number of benzene rings is 2. The summed E-state index contributed by atoms with van der Waals surface area (Å²) in [5.41, 5.74) is 3.37. The van der Waals surface area contributed by atoms with Crippen molar-refractivity contribution in [3.8, 4) is 11.5 Å². The van der Waals surface area contributed by atoms with Gasteiger partial charge in [0.15, 0.2) is 17.3 Å². The Hall–Kier alpha value is -3.74. The zero-order valence-corrected chi connectivity index (χ0v) is 16.8. The molecule has 0 saturated carbocycles. The number of rotatable bonds is 5. The molecule has 2 amide bonds. The average molecular weight is 406 g/mol. The van der Waals surface area contributed by atoms with E-state index in [1.54, 1.807) is 50.6 Å². The number of anilines is 1. The summed E-state index contributed by atoms with van der Waals surface area (Å²) < 4.78 is 15.8. The highest BCUT2D eigenvalue weighted by molar-refractivity contribution is 6.02. The fourth-order valence-corrected chi connectivity index (χ4v) is 3.54. The van der Waals surface area contributed by atoms with Crippen LogP contribution < -0.4 is 14.8 Å². The third-order valence-corrected chi connectivity index (χ3v) is 5.14. The Bertz CT molecular complexity index is 1060. The molecule has 1 aliphatic heterocycles. The van der Waals surface area contributed by atoms with Crippen molar-refractivity contribution in [1.29, 1.82) is 0 Å². The Kier molecular flexibility index (Phi) is 5.43. The number of furan rings is 1. The van der Waals surface area contributed by atoms with Crippen LogP contribution in [0.4, 0.5) is 5.69 Å². The number of methoxy groups -OCH3 is 2. The number of ether oxygens (including phenoxy) is 2. The molecule has 30 heavy (non-hydrogen) atoms. The van der Waals surface area contributed by atoms with Crippen molar-refractivity contribution >= 4 is 17.5 Å². The molecule has 154 valence electrons. The van der Waals surface area contributed by atoms with Gasteiger partial charge in [0.05, 0.1) is 20.5 Å². The fraction of sp³-hybridized carbons (Fsp3) is 0.217. The molecule has 0 saturated heterocycles. The van der Waals surface area contributed by atoms with Crippen LogP contribution in [0.1, 0.15) is 32.0 Å². The van der Waals surface area contributed by atoms with E-state index in [-0.39, 0.29) is 17.6 Å². The van der Waals surface area contributed by atoms with Crippen molar-refractivity contribution < 1.29 is 23.5 Å². The minimum atomic E-state index is -0.337. The van der Waals surface area contributed by atoms with E-state index in [2.05, 4.69) is 5.32 Å². The van der Waals surface area contributed by atoms with E-state index < -0.39 is 0 Å². The van der Waals surface area contributed by atoms with Gasteiger partial charge in [-0.1, -0.05) is 0 Å². The molecule has 7 heteroatoms. The summed E-state index contributed by atoms with van der Waals surface area (Å²) in [7, 11) is 3.21. The number of fused-ring (bicyclic) bond motifs is 1. The molecule has 0 aliphatic carbocycles. The topological polar surface area (TPSA) is 81.0 Å². The molecule has 0 fully saturated rings. The Balaban J connectivity index is 1.45. The highest BCUT2D eigenvalue weighted by Gasteiger charge is 2.23. The van der Waals surface area contributed by atoms with Crippen molar-refractivity contribution in [2.75, 3.05) is 26.1 Å². The summed E-state index contributed by atoms with van der Waals surface area (Å²) >= 11 is 0. The lowest BCUT2D eigenvalue weighted by atomic mass is 9.98. The summed E-state index contributed by atoms with van der Waals surface area (Å²) in [4.78, 5) is 26.8. The van der Waals surface area contributed by atoms with E-state index in [9.17, 15) is 9.59 Å². The van der Waals surface area contributed by atoms with Crippen LogP contribution in [0.25, 0.3) is 0 Å². The van der Waals surface area contributed by atoms with Gasteiger partial charge in [-0.2, -0.15) is 0 Å². The highest BCUT2D eigenvalue weighted by Crippen LogP contribution is 2.33. The number of nitrogens with zero attached hydrogens (tertiary/aromatic N) is 1. The Morgan fingerprint density at radius 1 is 1.00 bits per heavy atom. The van der Waals surface area contributed by atoms with Gasteiger partial charge in [-0.05, 0) is 66.1 Å². The third-order valence-electron chi connectivity index (χ3n) is 5.14. The molecule has 3 aromatic rings. The number of hydrogen-bond donors (Lipinski definition) is 1. The van der Waals surface area contributed by atoms with Crippen LogP contribution in [0.5, 0.6) is 11.5 Å². The summed E-state index contributed by atoms with van der Waals surface area (Å²) in [5.74, 6) is 1.19. The van der Waals surface area contributed by atoms with E-state index in [1.807, 2.05) is 17.0 Å². The minimum absolute atomic E-state index is 0.0562. The summed E-state index contributed by atoms with van der Waals surface area (Å²) in [6, 6.07) is 14.0. The Labute approximate surface area is 174 Å². The van der Waals surface area contributed by atoms with Gasteiger partial charge in [0.2, 0.25) is 0 Å². The largest absolute Gasteiger partial charge is 0.493 e. The van der Waals surface area contributed by atoms with Crippen molar-refractivity contribution in [1.82, 2.24) is 4.90 Å². The first-order valence-electron chi connectivity index (χ1n) is 9.57. The van der Waals surface area contributed by atoms with E-state index in [0.717, 1.165) is 17.5 Å². The van der Waals surface area contributed by atoms with Gasteiger partial charge in [-0.15, -0.1) is 0 Å². The molecule has 1 aromatic heterocycles. The molecule has 2 heterocycles. The maximum absolute atomic E-state index is 13.0. The maximum Gasteiger partial charge on any atom is 0.291 e. The van der Waals surface area contributed by atoms with Gasteiger partial charge < -0.3 is 24.1 Å². The van der Waals surface area contributed by atoms with Crippen LogP contribution in [0.2, 0.25) is 0 Å². The number of carbonyl (C=O) groups is 2. The smallest absolute Gasteiger partial charge is 0.291 e. The lowest BCUT2D eigenvalue weighted by Crippen LogP contribution is -2.36. The molecule has 2 aromatic carbocycles. The second-order valence-corrected chi connectivity index (χ2v) is 6.96. The predicted molar refractivity (Wildman–Crippen MR) is 111 cm³/mol. The molecule has 7 nitrogen and oxygen atoms in total. The maximum atomic E-state index is 13.0. The average Bonchev–Trinajstić information content (AvgIpc) is 3.33. The van der Waals surface area contributed by atoms with Crippen LogP contribution in [-0.4, -0.2) is 37.5 Å².